The summed E-state index contributed by atoms with van der Waals surface area (Å²) in [5.41, 5.74) is 6.26. The van der Waals surface area contributed by atoms with Gasteiger partial charge >= 0.3 is 0 Å². The molecule has 0 N–H and O–H groups in total. The lowest BCUT2D eigenvalue weighted by molar-refractivity contribution is 0.686. The first-order chi connectivity index (χ1) is 9.40. The topological polar surface area (TPSA) is 0 Å². The van der Waals surface area contributed by atoms with Crippen LogP contribution in [0.25, 0.3) is 0 Å². The van der Waals surface area contributed by atoms with Crippen molar-refractivity contribution in [1.29, 1.82) is 0 Å². The van der Waals surface area contributed by atoms with Gasteiger partial charge in [0.2, 0.25) is 0 Å². The maximum atomic E-state index is 3.44. The second kappa shape index (κ2) is 5.55. The molecule has 0 aliphatic carbocycles. The molecule has 0 fully saturated rings. The third-order valence-electron chi connectivity index (χ3n) is 3.60. The molecule has 0 saturated carbocycles. The molecule has 102 valence electrons. The fourth-order valence-corrected chi connectivity index (χ4v) is 2.98. The Morgan fingerprint density at radius 2 is 1.40 bits per heavy atom. The minimum atomic E-state index is -0.141. The van der Waals surface area contributed by atoms with E-state index in [4.69, 9.17) is 0 Å². The Kier molecular flexibility index (Phi) is 4.00. The van der Waals surface area contributed by atoms with Crippen LogP contribution in [0.4, 0.5) is 0 Å². The van der Waals surface area contributed by atoms with Gasteiger partial charge in [0.1, 0.15) is 0 Å². The molecule has 2 aromatic rings. The van der Waals surface area contributed by atoms with E-state index in [2.05, 4.69) is 70.7 Å². The van der Waals surface area contributed by atoms with Crippen molar-refractivity contribution in [1.82, 2.24) is 0 Å². The Morgan fingerprint density at radius 1 is 0.850 bits per heavy atom. The highest BCUT2D eigenvalue weighted by Crippen LogP contribution is 2.29. The fraction of sp³-hybridized carbons (Fsp3) is 0.300. The quantitative estimate of drug-likeness (QED) is 0.638. The van der Waals surface area contributed by atoms with E-state index >= 15 is 0 Å². The van der Waals surface area contributed by atoms with Crippen molar-refractivity contribution in [2.75, 3.05) is 0 Å². The molecule has 0 aliphatic rings. The van der Waals surface area contributed by atoms with Crippen LogP contribution in [0.1, 0.15) is 41.7 Å². The predicted octanol–water partition coefficient (Wildman–Crippen LogP) is 4.94. The zero-order valence-corrected chi connectivity index (χ0v) is 13.0. The van der Waals surface area contributed by atoms with Gasteiger partial charge in [-0.05, 0) is 63.4 Å². The van der Waals surface area contributed by atoms with Crippen LogP contribution < -0.4 is 0 Å². The summed E-state index contributed by atoms with van der Waals surface area (Å²) in [4.78, 5) is 0. The minimum absolute atomic E-state index is 0.141. The second-order valence-corrected chi connectivity index (χ2v) is 6.01. The zero-order valence-electron chi connectivity index (χ0n) is 13.0. The second-order valence-electron chi connectivity index (χ2n) is 6.01. The molecule has 20 heavy (non-hydrogen) atoms. The summed E-state index contributed by atoms with van der Waals surface area (Å²) < 4.78 is 0. The number of hydrogen-bond donors (Lipinski definition) is 0. The van der Waals surface area contributed by atoms with Crippen LogP contribution in [-0.2, 0) is 5.41 Å². The van der Waals surface area contributed by atoms with E-state index in [1.54, 1.807) is 0 Å². The van der Waals surface area contributed by atoms with E-state index < -0.39 is 0 Å². The van der Waals surface area contributed by atoms with Crippen LogP contribution in [0.3, 0.4) is 0 Å². The summed E-state index contributed by atoms with van der Waals surface area (Å²) in [6.07, 6.45) is 0. The van der Waals surface area contributed by atoms with Gasteiger partial charge in [-0.2, -0.15) is 0 Å². The average molecular weight is 262 g/mol. The normalized spacial score (nSPS) is 10.8. The number of hydrogen-bond acceptors (Lipinski definition) is 0. The molecule has 0 radical (unpaired) electrons. The number of aryl methyl sites for hydroxylation is 3. The van der Waals surface area contributed by atoms with E-state index in [0.29, 0.717) is 0 Å². The molecular formula is C20H22. The van der Waals surface area contributed by atoms with Gasteiger partial charge in [-0.1, -0.05) is 47.7 Å². The molecular weight excluding hydrogens is 240 g/mol. The van der Waals surface area contributed by atoms with E-state index in [1.807, 2.05) is 18.2 Å². The van der Waals surface area contributed by atoms with Gasteiger partial charge in [0.05, 0.1) is 5.41 Å². The van der Waals surface area contributed by atoms with E-state index in [0.717, 1.165) is 5.56 Å². The summed E-state index contributed by atoms with van der Waals surface area (Å²) in [6.45, 7) is 10.9. The van der Waals surface area contributed by atoms with Crippen LogP contribution in [0.2, 0.25) is 0 Å². The van der Waals surface area contributed by atoms with Crippen molar-refractivity contribution >= 4 is 0 Å². The minimum Gasteiger partial charge on any atom is -0.0868 e. The van der Waals surface area contributed by atoms with Gasteiger partial charge in [0.15, 0.2) is 0 Å². The summed E-state index contributed by atoms with van der Waals surface area (Å²) in [7, 11) is 0. The molecule has 0 heterocycles. The highest BCUT2D eigenvalue weighted by Gasteiger charge is 2.22. The summed E-state index contributed by atoms with van der Waals surface area (Å²) in [5.74, 6) is 6.75. The molecule has 0 aromatic heterocycles. The molecule has 0 saturated heterocycles. The highest BCUT2D eigenvalue weighted by atomic mass is 14.2. The van der Waals surface area contributed by atoms with Crippen molar-refractivity contribution in [3.63, 3.8) is 0 Å². The molecule has 0 amide bonds. The average Bonchev–Trinajstić information content (AvgIpc) is 2.36. The summed E-state index contributed by atoms with van der Waals surface area (Å²) >= 11 is 0. The molecule has 2 aromatic carbocycles. The van der Waals surface area contributed by atoms with Gasteiger partial charge < -0.3 is 0 Å². The van der Waals surface area contributed by atoms with Gasteiger partial charge in [0.25, 0.3) is 0 Å². The van der Waals surface area contributed by atoms with Crippen LogP contribution in [0.5, 0.6) is 0 Å². The SMILES string of the molecule is Cc1cc(C)c(C(C)(C)C#Cc2ccccc2)c(C)c1. The molecule has 0 nitrogen and oxygen atoms in total. The first-order valence-corrected chi connectivity index (χ1v) is 7.07. The first-order valence-electron chi connectivity index (χ1n) is 7.07. The largest absolute Gasteiger partial charge is 0.0868 e. The van der Waals surface area contributed by atoms with Gasteiger partial charge in [-0.3, -0.25) is 0 Å². The lowest BCUT2D eigenvalue weighted by atomic mass is 9.79. The Labute approximate surface area is 122 Å². The first kappa shape index (κ1) is 14.4. The molecule has 0 atom stereocenters. The maximum absolute atomic E-state index is 3.44. The third kappa shape index (κ3) is 3.11. The standard InChI is InChI=1S/C20H22/c1-15-13-16(2)19(17(3)14-15)20(4,5)12-11-18-9-7-6-8-10-18/h6-10,13-14H,1-5H3. The maximum Gasteiger partial charge on any atom is 0.0515 e. The van der Waals surface area contributed by atoms with Crippen molar-refractivity contribution < 1.29 is 0 Å². The summed E-state index contributed by atoms with van der Waals surface area (Å²) in [6, 6.07) is 14.7. The lowest BCUT2D eigenvalue weighted by Gasteiger charge is -2.24. The fourth-order valence-electron chi connectivity index (χ4n) is 2.98. The molecule has 2 rings (SSSR count). The van der Waals surface area contributed by atoms with Gasteiger partial charge in [-0.25, -0.2) is 0 Å². The number of benzene rings is 2. The highest BCUT2D eigenvalue weighted by molar-refractivity contribution is 5.48. The molecule has 0 heteroatoms. The van der Waals surface area contributed by atoms with E-state index in [-0.39, 0.29) is 5.41 Å². The van der Waals surface area contributed by atoms with Crippen molar-refractivity contribution in [2.45, 2.75) is 40.0 Å². The predicted molar refractivity (Wildman–Crippen MR) is 87.0 cm³/mol. The lowest BCUT2D eigenvalue weighted by Crippen LogP contribution is -2.18. The smallest absolute Gasteiger partial charge is 0.0515 e. The van der Waals surface area contributed by atoms with Crippen LogP contribution in [-0.4, -0.2) is 0 Å². The molecule has 0 spiro atoms. The number of rotatable bonds is 1. The van der Waals surface area contributed by atoms with Crippen LogP contribution in [0, 0.1) is 32.6 Å². The Morgan fingerprint density at radius 3 is 1.95 bits per heavy atom. The van der Waals surface area contributed by atoms with E-state index in [1.165, 1.54) is 22.3 Å². The van der Waals surface area contributed by atoms with Gasteiger partial charge in [0, 0.05) is 5.56 Å². The Balaban J connectivity index is 2.44. The van der Waals surface area contributed by atoms with Crippen molar-refractivity contribution in [3.05, 3.63) is 70.3 Å². The van der Waals surface area contributed by atoms with Crippen LogP contribution in [0.15, 0.2) is 42.5 Å². The monoisotopic (exact) mass is 262 g/mol. The van der Waals surface area contributed by atoms with Crippen molar-refractivity contribution in [2.24, 2.45) is 0 Å². The van der Waals surface area contributed by atoms with Crippen LogP contribution >= 0.6 is 0 Å². The van der Waals surface area contributed by atoms with E-state index in [9.17, 15) is 0 Å². The third-order valence-corrected chi connectivity index (χ3v) is 3.60. The molecule has 0 bridgehead atoms. The summed E-state index contributed by atoms with van der Waals surface area (Å²) in [5, 5.41) is 0. The Hall–Kier alpha value is -2.00. The van der Waals surface area contributed by atoms with Crippen molar-refractivity contribution in [3.8, 4) is 11.8 Å². The Bertz CT molecular complexity index is 641. The molecule has 0 unspecified atom stereocenters. The molecule has 0 aliphatic heterocycles. The zero-order chi connectivity index (χ0) is 14.8. The van der Waals surface area contributed by atoms with Gasteiger partial charge in [-0.15, -0.1) is 0 Å².